The van der Waals surface area contributed by atoms with Crippen molar-refractivity contribution in [2.24, 2.45) is 5.92 Å². The van der Waals surface area contributed by atoms with Gasteiger partial charge >= 0.3 is 12.1 Å². The zero-order valence-corrected chi connectivity index (χ0v) is 18.8. The molecule has 0 spiro atoms. The summed E-state index contributed by atoms with van der Waals surface area (Å²) in [6.07, 6.45) is 0.587. The highest BCUT2D eigenvalue weighted by Crippen LogP contribution is 2.40. The molecule has 1 aliphatic heterocycles. The van der Waals surface area contributed by atoms with Crippen molar-refractivity contribution in [1.82, 2.24) is 0 Å². The zero-order valence-electron chi connectivity index (χ0n) is 15.6. The second kappa shape index (κ2) is 9.40. The Bertz CT molecular complexity index is 1010. The van der Waals surface area contributed by atoms with Gasteiger partial charge in [-0.05, 0) is 40.2 Å². The molecule has 0 unspecified atom stereocenters. The minimum atomic E-state index is -1.13. The van der Waals surface area contributed by atoms with Crippen LogP contribution in [0.15, 0.2) is 51.4 Å². The summed E-state index contributed by atoms with van der Waals surface area (Å²) in [5, 5.41) is 22.0. The Morgan fingerprint density at radius 3 is 2.67 bits per heavy atom. The summed E-state index contributed by atoms with van der Waals surface area (Å²) in [4.78, 5) is 23.5. The Morgan fingerprint density at radius 2 is 1.93 bits per heavy atom. The molecule has 2 aromatic rings. The van der Waals surface area contributed by atoms with Crippen LogP contribution in [0.25, 0.3) is 0 Å². The maximum atomic E-state index is 12.6. The predicted octanol–water partition coefficient (Wildman–Crippen LogP) is 5.21. The van der Waals surface area contributed by atoms with E-state index in [1.54, 1.807) is 37.3 Å². The lowest BCUT2D eigenvalue weighted by Gasteiger charge is -2.24. The van der Waals surface area contributed by atoms with Crippen LogP contribution in [0.2, 0.25) is 0 Å². The first-order chi connectivity index (χ1) is 14.2. The first-order valence-corrected chi connectivity index (χ1v) is 10.3. The van der Waals surface area contributed by atoms with E-state index >= 15 is 0 Å². The fourth-order valence-corrected chi connectivity index (χ4v) is 4.09. The Kier molecular flexibility index (Phi) is 6.88. The molecule has 0 fully saturated rings. The van der Waals surface area contributed by atoms with Gasteiger partial charge in [-0.1, -0.05) is 28.9 Å². The molecule has 0 aliphatic carbocycles. The molecule has 3 rings (SSSR count). The number of carboxylic acid groups (broad SMARTS) is 1. The van der Waals surface area contributed by atoms with Crippen LogP contribution < -0.4 is 14.8 Å². The van der Waals surface area contributed by atoms with Crippen molar-refractivity contribution in [3.05, 3.63) is 57.0 Å². The highest BCUT2D eigenvalue weighted by Gasteiger charge is 2.27. The maximum Gasteiger partial charge on any atom is 0.412 e. The van der Waals surface area contributed by atoms with E-state index < -0.39 is 24.1 Å². The first-order valence-electron chi connectivity index (χ1n) is 8.71. The number of benzene rings is 2. The number of fused-ring (bicyclic) bond motifs is 1. The van der Waals surface area contributed by atoms with E-state index in [0.717, 1.165) is 6.08 Å². The van der Waals surface area contributed by atoms with Crippen LogP contribution in [0.3, 0.4) is 0 Å². The SMILES string of the molecule is C[C@H](/C=C/C(=O)O)[C@@H](OC(=O)Nc1ccc2c(c1)OCO2)c1cc(Br)cc(Br)c1O. The molecule has 1 heterocycles. The molecule has 0 aromatic heterocycles. The molecule has 0 saturated carbocycles. The smallest absolute Gasteiger partial charge is 0.412 e. The van der Waals surface area contributed by atoms with Crippen molar-refractivity contribution in [3.8, 4) is 17.2 Å². The molecule has 2 atom stereocenters. The lowest BCUT2D eigenvalue weighted by molar-refractivity contribution is -0.131. The van der Waals surface area contributed by atoms with E-state index in [1.165, 1.54) is 6.08 Å². The van der Waals surface area contributed by atoms with Gasteiger partial charge in [0.15, 0.2) is 11.5 Å². The number of phenolic OH excluding ortho intramolecular Hbond substituents is 1. The minimum Gasteiger partial charge on any atom is -0.506 e. The number of halogens is 2. The van der Waals surface area contributed by atoms with E-state index in [1.807, 2.05) is 0 Å². The molecule has 158 valence electrons. The number of carboxylic acids is 1. The van der Waals surface area contributed by atoms with Gasteiger partial charge in [0.1, 0.15) is 11.9 Å². The summed E-state index contributed by atoms with van der Waals surface area (Å²) in [6.45, 7) is 1.78. The van der Waals surface area contributed by atoms with E-state index in [0.29, 0.717) is 31.7 Å². The van der Waals surface area contributed by atoms with E-state index in [9.17, 15) is 14.7 Å². The van der Waals surface area contributed by atoms with Gasteiger partial charge < -0.3 is 24.4 Å². The molecule has 0 bridgehead atoms. The average Bonchev–Trinajstić information content (AvgIpc) is 3.15. The van der Waals surface area contributed by atoms with Crippen molar-refractivity contribution in [2.75, 3.05) is 12.1 Å². The lowest BCUT2D eigenvalue weighted by Crippen LogP contribution is -2.21. The molecule has 10 heteroatoms. The molecular formula is C20H17Br2NO7. The molecule has 2 aromatic carbocycles. The van der Waals surface area contributed by atoms with Gasteiger partial charge in [0.05, 0.1) is 4.47 Å². The summed E-state index contributed by atoms with van der Waals surface area (Å²) in [7, 11) is 0. The first kappa shape index (κ1) is 22.0. The topological polar surface area (TPSA) is 114 Å². The number of aromatic hydroxyl groups is 1. The number of nitrogens with one attached hydrogen (secondary N) is 1. The van der Waals surface area contributed by atoms with Crippen molar-refractivity contribution in [1.29, 1.82) is 0 Å². The van der Waals surface area contributed by atoms with Crippen LogP contribution in [0.5, 0.6) is 17.2 Å². The van der Waals surface area contributed by atoms with Crippen LogP contribution in [-0.4, -0.2) is 29.1 Å². The highest BCUT2D eigenvalue weighted by molar-refractivity contribution is 9.11. The standard InChI is InChI=1S/C20H17Br2NO7/c1-10(2-5-17(24)25)19(13-6-11(21)7-14(22)18(13)26)30-20(27)23-12-3-4-15-16(8-12)29-9-28-15/h2-8,10,19,26H,9H2,1H3,(H,23,27)(H,24,25)/b5-2+/t10-,19-/m1/s1. The monoisotopic (exact) mass is 541 g/mol. The van der Waals surface area contributed by atoms with E-state index in [2.05, 4.69) is 37.2 Å². The van der Waals surface area contributed by atoms with E-state index in [-0.39, 0.29) is 12.5 Å². The molecule has 0 radical (unpaired) electrons. The number of aliphatic carboxylic acids is 1. The Morgan fingerprint density at radius 1 is 1.20 bits per heavy atom. The molecule has 30 heavy (non-hydrogen) atoms. The molecule has 3 N–H and O–H groups in total. The van der Waals surface area contributed by atoms with Gasteiger partial charge in [0.25, 0.3) is 0 Å². The van der Waals surface area contributed by atoms with Gasteiger partial charge in [-0.2, -0.15) is 0 Å². The Balaban J connectivity index is 1.85. The normalized spacial score (nSPS) is 14.4. The third-order valence-electron chi connectivity index (χ3n) is 4.24. The lowest BCUT2D eigenvalue weighted by atomic mass is 9.96. The van der Waals surface area contributed by atoms with Crippen molar-refractivity contribution < 1.29 is 34.0 Å². The van der Waals surface area contributed by atoms with Crippen LogP contribution in [-0.2, 0) is 9.53 Å². The van der Waals surface area contributed by atoms with Crippen LogP contribution in [0.4, 0.5) is 10.5 Å². The summed E-state index contributed by atoms with van der Waals surface area (Å²) in [5.41, 5.74) is 0.732. The number of ether oxygens (including phenoxy) is 3. The van der Waals surface area contributed by atoms with Crippen molar-refractivity contribution in [3.63, 3.8) is 0 Å². The number of carbonyl (C=O) groups excluding carboxylic acids is 1. The van der Waals surface area contributed by atoms with Crippen molar-refractivity contribution in [2.45, 2.75) is 13.0 Å². The summed E-state index contributed by atoms with van der Waals surface area (Å²) in [6, 6.07) is 8.12. The van der Waals surface area contributed by atoms with Gasteiger partial charge in [0, 0.05) is 33.8 Å². The molecule has 1 aliphatic rings. The Hall–Kier alpha value is -2.72. The summed E-state index contributed by atoms with van der Waals surface area (Å²) in [5.74, 6) is -0.741. The largest absolute Gasteiger partial charge is 0.506 e. The minimum absolute atomic E-state index is 0.107. The number of anilines is 1. The summed E-state index contributed by atoms with van der Waals surface area (Å²) >= 11 is 6.59. The molecular weight excluding hydrogens is 526 g/mol. The fraction of sp³-hybridized carbons (Fsp3) is 0.200. The number of carbonyl (C=O) groups is 2. The van der Waals surface area contributed by atoms with Gasteiger partial charge in [-0.15, -0.1) is 0 Å². The van der Waals surface area contributed by atoms with Crippen LogP contribution in [0, 0.1) is 5.92 Å². The third kappa shape index (κ3) is 5.25. The predicted molar refractivity (Wildman–Crippen MR) is 115 cm³/mol. The molecule has 1 amide bonds. The van der Waals surface area contributed by atoms with Crippen LogP contribution >= 0.6 is 31.9 Å². The van der Waals surface area contributed by atoms with Gasteiger partial charge in [0.2, 0.25) is 6.79 Å². The summed E-state index contributed by atoms with van der Waals surface area (Å²) < 4.78 is 17.1. The van der Waals surface area contributed by atoms with Gasteiger partial charge in [-0.3, -0.25) is 5.32 Å². The number of amides is 1. The maximum absolute atomic E-state index is 12.6. The third-order valence-corrected chi connectivity index (χ3v) is 5.30. The average molecular weight is 543 g/mol. The number of hydrogen-bond donors (Lipinski definition) is 3. The number of rotatable bonds is 6. The second-order valence-electron chi connectivity index (χ2n) is 6.40. The second-order valence-corrected chi connectivity index (χ2v) is 8.17. The Labute approximate surface area is 188 Å². The molecule has 0 saturated heterocycles. The quantitative estimate of drug-likeness (QED) is 0.429. The van der Waals surface area contributed by atoms with Crippen molar-refractivity contribution >= 4 is 49.6 Å². The number of phenols is 1. The van der Waals surface area contributed by atoms with E-state index in [4.69, 9.17) is 19.3 Å². The van der Waals surface area contributed by atoms with Gasteiger partial charge in [-0.25, -0.2) is 9.59 Å². The fourth-order valence-electron chi connectivity index (χ4n) is 2.83. The zero-order chi connectivity index (χ0) is 21.8. The molecule has 8 nitrogen and oxygen atoms in total. The van der Waals surface area contributed by atoms with Crippen LogP contribution in [0.1, 0.15) is 18.6 Å². The number of hydrogen-bond acceptors (Lipinski definition) is 6. The highest BCUT2D eigenvalue weighted by atomic mass is 79.9.